The van der Waals surface area contributed by atoms with Gasteiger partial charge in [-0.3, -0.25) is 0 Å². The Kier molecular flexibility index (Phi) is 8.24. The number of hydrogen-bond donors (Lipinski definition) is 1. The second-order valence-electron chi connectivity index (χ2n) is 5.73. The molecule has 0 saturated carbocycles. The van der Waals surface area contributed by atoms with Crippen LogP contribution >= 0.6 is 15.9 Å². The lowest BCUT2D eigenvalue weighted by Gasteiger charge is -2.14. The van der Waals surface area contributed by atoms with Gasteiger partial charge < -0.3 is 10.1 Å². The Balaban J connectivity index is 2.37. The second kappa shape index (κ2) is 9.41. The summed E-state index contributed by atoms with van der Waals surface area (Å²) in [7, 11) is 0. The molecule has 0 aliphatic carbocycles. The normalized spacial score (nSPS) is 12.7. The number of halogens is 1. The van der Waals surface area contributed by atoms with Crippen LogP contribution in [0.25, 0.3) is 0 Å². The van der Waals surface area contributed by atoms with Gasteiger partial charge in [0.1, 0.15) is 5.75 Å². The molecule has 1 unspecified atom stereocenters. The lowest BCUT2D eigenvalue weighted by molar-refractivity contribution is 0.340. The molecule has 114 valence electrons. The highest BCUT2D eigenvalue weighted by Gasteiger charge is 2.06. The first kappa shape index (κ1) is 17.5. The molecule has 0 heterocycles. The summed E-state index contributed by atoms with van der Waals surface area (Å²) in [6.07, 6.45) is 3.59. The first-order valence-corrected chi connectivity index (χ1v) is 8.46. The van der Waals surface area contributed by atoms with E-state index in [1.807, 2.05) is 6.92 Å². The Hall–Kier alpha value is -0.540. The molecule has 1 atom stereocenters. The minimum absolute atomic E-state index is 0.586. The topological polar surface area (TPSA) is 21.3 Å². The summed E-state index contributed by atoms with van der Waals surface area (Å²) < 4.78 is 6.67. The average Bonchev–Trinajstić information content (AvgIpc) is 2.37. The Labute approximate surface area is 132 Å². The maximum Gasteiger partial charge on any atom is 0.120 e. The maximum absolute atomic E-state index is 5.50. The summed E-state index contributed by atoms with van der Waals surface area (Å²) in [5, 5.41) is 3.48. The van der Waals surface area contributed by atoms with Crippen LogP contribution in [0.1, 0.15) is 46.1 Å². The molecule has 0 saturated heterocycles. The van der Waals surface area contributed by atoms with Crippen LogP contribution in [0.2, 0.25) is 0 Å². The molecule has 3 heteroatoms. The van der Waals surface area contributed by atoms with Gasteiger partial charge in [0, 0.05) is 10.5 Å². The largest absolute Gasteiger partial charge is 0.494 e. The van der Waals surface area contributed by atoms with Gasteiger partial charge in [-0.15, -0.1) is 0 Å². The van der Waals surface area contributed by atoms with Crippen molar-refractivity contribution in [3.8, 4) is 5.75 Å². The smallest absolute Gasteiger partial charge is 0.120 e. The van der Waals surface area contributed by atoms with Crippen molar-refractivity contribution in [3.63, 3.8) is 0 Å². The summed E-state index contributed by atoms with van der Waals surface area (Å²) in [5.41, 5.74) is 1.37. The van der Waals surface area contributed by atoms with Crippen molar-refractivity contribution in [2.75, 3.05) is 13.2 Å². The van der Waals surface area contributed by atoms with Crippen molar-refractivity contribution >= 4 is 15.9 Å². The van der Waals surface area contributed by atoms with E-state index in [1.165, 1.54) is 18.4 Å². The lowest BCUT2D eigenvalue weighted by Crippen LogP contribution is -2.25. The van der Waals surface area contributed by atoms with Crippen LogP contribution in [0.4, 0.5) is 0 Å². The van der Waals surface area contributed by atoms with E-state index < -0.39 is 0 Å². The quantitative estimate of drug-likeness (QED) is 0.696. The fourth-order valence-corrected chi connectivity index (χ4v) is 2.71. The van der Waals surface area contributed by atoms with E-state index in [1.54, 1.807) is 0 Å². The van der Waals surface area contributed by atoms with Crippen LogP contribution < -0.4 is 10.1 Å². The third kappa shape index (κ3) is 6.76. The van der Waals surface area contributed by atoms with Crippen LogP contribution in [0.15, 0.2) is 22.7 Å². The predicted molar refractivity (Wildman–Crippen MR) is 90.6 cm³/mol. The van der Waals surface area contributed by atoms with E-state index in [-0.39, 0.29) is 0 Å². The molecule has 0 aromatic heterocycles. The zero-order chi connectivity index (χ0) is 15.0. The third-order valence-electron chi connectivity index (χ3n) is 3.43. The Morgan fingerprint density at radius 2 is 1.95 bits per heavy atom. The van der Waals surface area contributed by atoms with Crippen molar-refractivity contribution in [2.24, 2.45) is 5.92 Å². The van der Waals surface area contributed by atoms with Crippen molar-refractivity contribution in [3.05, 3.63) is 28.2 Å². The molecule has 2 nitrogen and oxygen atoms in total. The first-order chi connectivity index (χ1) is 9.52. The number of hydrogen-bond acceptors (Lipinski definition) is 2. The Morgan fingerprint density at radius 3 is 2.55 bits per heavy atom. The summed E-state index contributed by atoms with van der Waals surface area (Å²) in [6.45, 7) is 10.6. The molecule has 0 spiro atoms. The van der Waals surface area contributed by atoms with Gasteiger partial charge in [-0.05, 0) is 56.3 Å². The third-order valence-corrected chi connectivity index (χ3v) is 4.17. The number of ether oxygens (including phenoxy) is 1. The highest BCUT2D eigenvalue weighted by Crippen LogP contribution is 2.25. The average molecular weight is 342 g/mol. The molecule has 1 rings (SSSR count). The van der Waals surface area contributed by atoms with Crippen molar-refractivity contribution < 1.29 is 4.74 Å². The summed E-state index contributed by atoms with van der Waals surface area (Å²) >= 11 is 3.65. The zero-order valence-electron chi connectivity index (χ0n) is 13.2. The van der Waals surface area contributed by atoms with E-state index in [9.17, 15) is 0 Å². The van der Waals surface area contributed by atoms with E-state index >= 15 is 0 Å². The minimum atomic E-state index is 0.586. The highest BCUT2D eigenvalue weighted by atomic mass is 79.9. The molecular formula is C17H28BrNO. The van der Waals surface area contributed by atoms with Gasteiger partial charge in [0.15, 0.2) is 0 Å². The second-order valence-corrected chi connectivity index (χ2v) is 6.58. The van der Waals surface area contributed by atoms with Gasteiger partial charge in [-0.25, -0.2) is 0 Å². The van der Waals surface area contributed by atoms with Gasteiger partial charge in [0.05, 0.1) is 6.61 Å². The number of aryl methyl sites for hydroxylation is 1. The number of benzene rings is 1. The van der Waals surface area contributed by atoms with Crippen LogP contribution in [0.3, 0.4) is 0 Å². The van der Waals surface area contributed by atoms with Gasteiger partial charge in [-0.1, -0.05) is 42.8 Å². The summed E-state index contributed by atoms with van der Waals surface area (Å²) in [5.74, 6) is 1.69. The molecule has 1 N–H and O–H groups in total. The molecule has 1 aromatic rings. The minimum Gasteiger partial charge on any atom is -0.494 e. The van der Waals surface area contributed by atoms with Crippen LogP contribution in [0.5, 0.6) is 5.75 Å². The molecule has 0 aliphatic rings. The molecular weight excluding hydrogens is 314 g/mol. The summed E-state index contributed by atoms with van der Waals surface area (Å²) in [6, 6.07) is 6.90. The molecule has 0 bridgehead atoms. The van der Waals surface area contributed by atoms with E-state index in [0.29, 0.717) is 12.6 Å². The van der Waals surface area contributed by atoms with Crippen molar-refractivity contribution in [1.82, 2.24) is 5.32 Å². The molecule has 0 amide bonds. The fourth-order valence-electron chi connectivity index (χ4n) is 2.15. The molecule has 0 fully saturated rings. The van der Waals surface area contributed by atoms with Gasteiger partial charge >= 0.3 is 0 Å². The molecule has 1 aromatic carbocycles. The van der Waals surface area contributed by atoms with Gasteiger partial charge in [0.2, 0.25) is 0 Å². The van der Waals surface area contributed by atoms with Crippen molar-refractivity contribution in [2.45, 2.75) is 53.0 Å². The monoisotopic (exact) mass is 341 g/mol. The van der Waals surface area contributed by atoms with Crippen LogP contribution in [-0.4, -0.2) is 19.2 Å². The Bertz CT molecular complexity index is 393. The lowest BCUT2D eigenvalue weighted by atomic mass is 9.98. The fraction of sp³-hybridized carbons (Fsp3) is 0.647. The maximum atomic E-state index is 5.50. The Morgan fingerprint density at radius 1 is 1.20 bits per heavy atom. The number of nitrogens with one attached hydrogen (secondary N) is 1. The van der Waals surface area contributed by atoms with Crippen LogP contribution in [-0.2, 0) is 6.42 Å². The first-order valence-electron chi connectivity index (χ1n) is 7.67. The van der Waals surface area contributed by atoms with E-state index in [0.717, 1.165) is 29.1 Å². The molecule has 20 heavy (non-hydrogen) atoms. The number of rotatable bonds is 9. The van der Waals surface area contributed by atoms with Crippen molar-refractivity contribution in [1.29, 1.82) is 0 Å². The SMILES string of the molecule is CCOc1ccc(CCC(C)CCNC(C)C)c(Br)c1. The molecule has 0 radical (unpaired) electrons. The van der Waals surface area contributed by atoms with E-state index in [2.05, 4.69) is 60.2 Å². The summed E-state index contributed by atoms with van der Waals surface area (Å²) in [4.78, 5) is 0. The highest BCUT2D eigenvalue weighted by molar-refractivity contribution is 9.10. The van der Waals surface area contributed by atoms with E-state index in [4.69, 9.17) is 4.74 Å². The predicted octanol–water partition coefficient (Wildman–Crippen LogP) is 4.80. The van der Waals surface area contributed by atoms with Crippen LogP contribution in [0, 0.1) is 5.92 Å². The standard InChI is InChI=1S/C17H28BrNO/c1-5-20-16-9-8-15(17(18)12-16)7-6-14(4)10-11-19-13(2)3/h8-9,12-14,19H,5-7,10-11H2,1-4H3. The zero-order valence-corrected chi connectivity index (χ0v) is 14.8. The molecule has 0 aliphatic heterocycles. The van der Waals surface area contributed by atoms with Gasteiger partial charge in [-0.2, -0.15) is 0 Å². The van der Waals surface area contributed by atoms with Gasteiger partial charge in [0.25, 0.3) is 0 Å².